The lowest BCUT2D eigenvalue weighted by atomic mass is 9.89. The van der Waals surface area contributed by atoms with Crippen molar-refractivity contribution in [1.29, 1.82) is 0 Å². The molecule has 0 fully saturated rings. The van der Waals surface area contributed by atoms with Crippen molar-refractivity contribution < 1.29 is 0 Å². The lowest BCUT2D eigenvalue weighted by Crippen LogP contribution is -2.33. The Morgan fingerprint density at radius 3 is 2.09 bits per heavy atom. The summed E-state index contributed by atoms with van der Waals surface area (Å²) in [5.41, 5.74) is 6.00. The van der Waals surface area contributed by atoms with Crippen molar-refractivity contribution >= 4 is 0 Å². The number of hydrogen-bond donors (Lipinski definition) is 1. The number of nitrogens with two attached hydrogens (primary N) is 1. The lowest BCUT2D eigenvalue weighted by molar-refractivity contribution is 0.339. The zero-order valence-corrected chi connectivity index (χ0v) is 8.43. The van der Waals surface area contributed by atoms with E-state index in [1.807, 2.05) is 0 Å². The molecule has 0 aromatic heterocycles. The molecular formula is C10H23N. The van der Waals surface area contributed by atoms with Gasteiger partial charge < -0.3 is 5.73 Å². The SMILES string of the molecule is CCCCC(C)C(N)C(C)C. The van der Waals surface area contributed by atoms with Crippen LogP contribution < -0.4 is 5.73 Å². The van der Waals surface area contributed by atoms with Crippen molar-refractivity contribution in [2.75, 3.05) is 0 Å². The number of unbranched alkanes of at least 4 members (excludes halogenated alkanes) is 1. The second-order valence-electron chi connectivity index (χ2n) is 3.94. The Morgan fingerprint density at radius 2 is 1.73 bits per heavy atom. The van der Waals surface area contributed by atoms with E-state index in [0.717, 1.165) is 0 Å². The summed E-state index contributed by atoms with van der Waals surface area (Å²) in [5, 5.41) is 0. The summed E-state index contributed by atoms with van der Waals surface area (Å²) in [7, 11) is 0. The van der Waals surface area contributed by atoms with Crippen LogP contribution in [0.25, 0.3) is 0 Å². The standard InChI is InChI=1S/C10H23N/c1-5-6-7-9(4)10(11)8(2)3/h8-10H,5-7,11H2,1-4H3. The molecule has 2 atom stereocenters. The third-order valence-corrected chi connectivity index (χ3v) is 2.44. The van der Waals surface area contributed by atoms with E-state index < -0.39 is 0 Å². The van der Waals surface area contributed by atoms with Crippen LogP contribution in [0.4, 0.5) is 0 Å². The monoisotopic (exact) mass is 157 g/mol. The van der Waals surface area contributed by atoms with Gasteiger partial charge in [-0.05, 0) is 18.3 Å². The summed E-state index contributed by atoms with van der Waals surface area (Å²) in [5.74, 6) is 1.32. The van der Waals surface area contributed by atoms with Crippen LogP contribution in [0.2, 0.25) is 0 Å². The molecule has 0 aromatic carbocycles. The van der Waals surface area contributed by atoms with Gasteiger partial charge in [-0.2, -0.15) is 0 Å². The third kappa shape index (κ3) is 4.41. The average Bonchev–Trinajstić information content (AvgIpc) is 1.98. The molecule has 2 N–H and O–H groups in total. The quantitative estimate of drug-likeness (QED) is 0.652. The summed E-state index contributed by atoms with van der Waals surface area (Å²) in [6, 6.07) is 0.390. The highest BCUT2D eigenvalue weighted by Crippen LogP contribution is 2.15. The Balaban J connectivity index is 3.55. The Kier molecular flexibility index (Phi) is 5.57. The van der Waals surface area contributed by atoms with E-state index in [1.165, 1.54) is 19.3 Å². The van der Waals surface area contributed by atoms with E-state index in [0.29, 0.717) is 17.9 Å². The Hall–Kier alpha value is -0.0400. The van der Waals surface area contributed by atoms with Crippen molar-refractivity contribution in [3.05, 3.63) is 0 Å². The van der Waals surface area contributed by atoms with Gasteiger partial charge in [0, 0.05) is 6.04 Å². The van der Waals surface area contributed by atoms with E-state index in [9.17, 15) is 0 Å². The van der Waals surface area contributed by atoms with Crippen LogP contribution >= 0.6 is 0 Å². The van der Waals surface area contributed by atoms with Gasteiger partial charge in [-0.1, -0.05) is 40.5 Å². The number of rotatable bonds is 5. The summed E-state index contributed by atoms with van der Waals surface area (Å²) in [4.78, 5) is 0. The maximum Gasteiger partial charge on any atom is 0.00877 e. The van der Waals surface area contributed by atoms with Crippen molar-refractivity contribution in [3.63, 3.8) is 0 Å². The first kappa shape index (κ1) is 11.0. The molecule has 0 aromatic rings. The molecule has 0 aliphatic rings. The van der Waals surface area contributed by atoms with Crippen molar-refractivity contribution in [2.45, 2.75) is 53.0 Å². The maximum atomic E-state index is 6.00. The average molecular weight is 157 g/mol. The van der Waals surface area contributed by atoms with Gasteiger partial charge in [0.15, 0.2) is 0 Å². The van der Waals surface area contributed by atoms with Gasteiger partial charge in [0.05, 0.1) is 0 Å². The van der Waals surface area contributed by atoms with Crippen LogP contribution in [0.5, 0.6) is 0 Å². The predicted molar refractivity (Wildman–Crippen MR) is 51.5 cm³/mol. The highest BCUT2D eigenvalue weighted by molar-refractivity contribution is 4.71. The molecule has 2 unspecified atom stereocenters. The summed E-state index contributed by atoms with van der Waals surface area (Å²) in [6.07, 6.45) is 3.90. The Labute approximate surface area is 71.4 Å². The minimum atomic E-state index is 0.390. The van der Waals surface area contributed by atoms with Crippen molar-refractivity contribution in [2.24, 2.45) is 17.6 Å². The first-order valence-electron chi connectivity index (χ1n) is 4.85. The molecule has 11 heavy (non-hydrogen) atoms. The van der Waals surface area contributed by atoms with Gasteiger partial charge in [0.2, 0.25) is 0 Å². The minimum absolute atomic E-state index is 0.390. The van der Waals surface area contributed by atoms with E-state index in [2.05, 4.69) is 27.7 Å². The molecule has 0 spiro atoms. The fraction of sp³-hybridized carbons (Fsp3) is 1.00. The van der Waals surface area contributed by atoms with Gasteiger partial charge in [-0.25, -0.2) is 0 Å². The molecule has 0 amide bonds. The normalized spacial score (nSPS) is 16.9. The predicted octanol–water partition coefficient (Wildman–Crippen LogP) is 2.80. The maximum absolute atomic E-state index is 6.00. The van der Waals surface area contributed by atoms with Gasteiger partial charge >= 0.3 is 0 Å². The van der Waals surface area contributed by atoms with Crippen molar-refractivity contribution in [3.8, 4) is 0 Å². The zero-order chi connectivity index (χ0) is 8.85. The molecule has 0 saturated carbocycles. The second kappa shape index (κ2) is 5.59. The molecular weight excluding hydrogens is 134 g/mol. The molecule has 0 aliphatic heterocycles. The van der Waals surface area contributed by atoms with E-state index >= 15 is 0 Å². The molecule has 1 heteroatoms. The summed E-state index contributed by atoms with van der Waals surface area (Å²) < 4.78 is 0. The smallest absolute Gasteiger partial charge is 0.00877 e. The first-order valence-corrected chi connectivity index (χ1v) is 4.85. The van der Waals surface area contributed by atoms with Gasteiger partial charge in [-0.15, -0.1) is 0 Å². The van der Waals surface area contributed by atoms with Crippen LogP contribution in [0.1, 0.15) is 47.0 Å². The highest BCUT2D eigenvalue weighted by Gasteiger charge is 2.14. The highest BCUT2D eigenvalue weighted by atomic mass is 14.7. The van der Waals surface area contributed by atoms with Crippen LogP contribution in [0.15, 0.2) is 0 Å². The van der Waals surface area contributed by atoms with E-state index in [-0.39, 0.29) is 0 Å². The van der Waals surface area contributed by atoms with Crippen LogP contribution in [0, 0.1) is 11.8 Å². The number of hydrogen-bond acceptors (Lipinski definition) is 1. The second-order valence-corrected chi connectivity index (χ2v) is 3.94. The van der Waals surface area contributed by atoms with Gasteiger partial charge in [0.25, 0.3) is 0 Å². The largest absolute Gasteiger partial charge is 0.327 e. The molecule has 68 valence electrons. The Bertz CT molecular complexity index is 88.9. The fourth-order valence-electron chi connectivity index (χ4n) is 1.38. The summed E-state index contributed by atoms with van der Waals surface area (Å²) in [6.45, 7) is 8.90. The van der Waals surface area contributed by atoms with E-state index in [1.54, 1.807) is 0 Å². The van der Waals surface area contributed by atoms with Crippen LogP contribution in [-0.2, 0) is 0 Å². The van der Waals surface area contributed by atoms with E-state index in [4.69, 9.17) is 5.73 Å². The zero-order valence-electron chi connectivity index (χ0n) is 8.43. The topological polar surface area (TPSA) is 26.0 Å². The molecule has 0 rings (SSSR count). The molecule has 1 nitrogen and oxygen atoms in total. The van der Waals surface area contributed by atoms with Gasteiger partial charge in [0.1, 0.15) is 0 Å². The van der Waals surface area contributed by atoms with Crippen molar-refractivity contribution in [1.82, 2.24) is 0 Å². The van der Waals surface area contributed by atoms with Gasteiger partial charge in [-0.3, -0.25) is 0 Å². The fourth-order valence-corrected chi connectivity index (χ4v) is 1.38. The molecule has 0 saturated heterocycles. The first-order chi connectivity index (χ1) is 5.09. The molecule has 0 heterocycles. The molecule has 0 radical (unpaired) electrons. The van der Waals surface area contributed by atoms with Crippen LogP contribution in [0.3, 0.4) is 0 Å². The third-order valence-electron chi connectivity index (χ3n) is 2.44. The minimum Gasteiger partial charge on any atom is -0.327 e. The Morgan fingerprint density at radius 1 is 1.18 bits per heavy atom. The lowest BCUT2D eigenvalue weighted by Gasteiger charge is -2.22. The summed E-state index contributed by atoms with van der Waals surface area (Å²) >= 11 is 0. The molecule has 0 aliphatic carbocycles. The van der Waals surface area contributed by atoms with Crippen LogP contribution in [-0.4, -0.2) is 6.04 Å². The molecule has 0 bridgehead atoms.